The lowest BCUT2D eigenvalue weighted by molar-refractivity contribution is 0.349. The minimum absolute atomic E-state index is 0.517. The molecule has 5 nitrogen and oxygen atoms in total. The first-order chi connectivity index (χ1) is 9.83. The third kappa shape index (κ3) is 2.05. The summed E-state index contributed by atoms with van der Waals surface area (Å²) in [7, 11) is 0. The summed E-state index contributed by atoms with van der Waals surface area (Å²) < 4.78 is 2.11. The lowest BCUT2D eigenvalue weighted by atomic mass is 9.86. The number of anilines is 1. The van der Waals surface area contributed by atoms with Gasteiger partial charge in [-0.05, 0) is 31.6 Å². The van der Waals surface area contributed by atoms with Gasteiger partial charge in [0, 0.05) is 24.4 Å². The van der Waals surface area contributed by atoms with Crippen molar-refractivity contribution in [2.24, 2.45) is 5.92 Å². The summed E-state index contributed by atoms with van der Waals surface area (Å²) in [5.74, 6) is 3.30. The molecule has 0 spiro atoms. The Morgan fingerprint density at radius 1 is 1.15 bits per heavy atom. The summed E-state index contributed by atoms with van der Waals surface area (Å²) in [6, 6.07) is 0.517. The molecule has 2 aromatic rings. The Morgan fingerprint density at radius 2 is 2.00 bits per heavy atom. The average Bonchev–Trinajstić information content (AvgIpc) is 3.21. The third-order valence-corrected chi connectivity index (χ3v) is 4.73. The van der Waals surface area contributed by atoms with E-state index in [9.17, 15) is 0 Å². The van der Waals surface area contributed by atoms with E-state index in [1.165, 1.54) is 38.5 Å². The van der Waals surface area contributed by atoms with Gasteiger partial charge in [0.05, 0.1) is 0 Å². The summed E-state index contributed by atoms with van der Waals surface area (Å²) in [5.41, 5.74) is 0.882. The fraction of sp³-hybridized carbons (Fsp3) is 0.667. The monoisotopic (exact) mass is 271 g/mol. The molecule has 4 rings (SSSR count). The molecule has 0 radical (unpaired) electrons. The maximum atomic E-state index is 4.49. The summed E-state index contributed by atoms with van der Waals surface area (Å²) in [5, 5.41) is 12.3. The van der Waals surface area contributed by atoms with E-state index in [1.54, 1.807) is 0 Å². The molecule has 1 N–H and O–H groups in total. The molecule has 0 aromatic carbocycles. The summed E-state index contributed by atoms with van der Waals surface area (Å²) >= 11 is 0. The zero-order chi connectivity index (χ0) is 13.5. The lowest BCUT2D eigenvalue weighted by Crippen LogP contribution is -2.30. The van der Waals surface area contributed by atoms with E-state index < -0.39 is 0 Å². The highest BCUT2D eigenvalue weighted by molar-refractivity contribution is 5.62. The van der Waals surface area contributed by atoms with Crippen LogP contribution in [0, 0.1) is 5.92 Å². The molecule has 20 heavy (non-hydrogen) atoms. The van der Waals surface area contributed by atoms with Crippen LogP contribution in [0.25, 0.3) is 5.65 Å². The fourth-order valence-electron chi connectivity index (χ4n) is 3.27. The van der Waals surface area contributed by atoms with E-state index in [-0.39, 0.29) is 0 Å². The molecule has 2 saturated carbocycles. The SMILES string of the molecule is CC1CCCCC1Nc1nccn2c(C3CC3)nnc12. The Labute approximate surface area is 118 Å². The van der Waals surface area contributed by atoms with Crippen molar-refractivity contribution in [2.75, 3.05) is 5.32 Å². The van der Waals surface area contributed by atoms with Gasteiger partial charge in [-0.2, -0.15) is 0 Å². The van der Waals surface area contributed by atoms with Gasteiger partial charge in [-0.1, -0.05) is 19.8 Å². The van der Waals surface area contributed by atoms with E-state index in [1.807, 2.05) is 12.4 Å². The molecule has 2 aliphatic rings. The second-order valence-electron chi connectivity index (χ2n) is 6.31. The van der Waals surface area contributed by atoms with Crippen LogP contribution in [0.1, 0.15) is 57.2 Å². The molecule has 106 valence electrons. The van der Waals surface area contributed by atoms with E-state index >= 15 is 0 Å². The van der Waals surface area contributed by atoms with Crippen molar-refractivity contribution < 1.29 is 0 Å². The molecular formula is C15H21N5. The molecule has 2 heterocycles. The first kappa shape index (κ1) is 12.1. The number of nitrogens with zero attached hydrogens (tertiary/aromatic N) is 4. The van der Waals surface area contributed by atoms with E-state index in [2.05, 4.69) is 31.8 Å². The first-order valence-corrected chi connectivity index (χ1v) is 7.79. The van der Waals surface area contributed by atoms with E-state index in [4.69, 9.17) is 0 Å². The van der Waals surface area contributed by atoms with Crippen molar-refractivity contribution in [1.82, 2.24) is 19.6 Å². The zero-order valence-corrected chi connectivity index (χ0v) is 11.9. The van der Waals surface area contributed by atoms with Crippen LogP contribution in [0.5, 0.6) is 0 Å². The Hall–Kier alpha value is -1.65. The van der Waals surface area contributed by atoms with Crippen molar-refractivity contribution in [3.05, 3.63) is 18.2 Å². The van der Waals surface area contributed by atoms with Gasteiger partial charge in [0.15, 0.2) is 5.82 Å². The quantitative estimate of drug-likeness (QED) is 0.932. The highest BCUT2D eigenvalue weighted by Gasteiger charge is 2.29. The maximum Gasteiger partial charge on any atom is 0.203 e. The van der Waals surface area contributed by atoms with Gasteiger partial charge < -0.3 is 5.32 Å². The summed E-state index contributed by atoms with van der Waals surface area (Å²) in [6.07, 6.45) is 11.5. The van der Waals surface area contributed by atoms with E-state index in [0.717, 1.165) is 17.3 Å². The van der Waals surface area contributed by atoms with Gasteiger partial charge in [0.1, 0.15) is 5.82 Å². The predicted molar refractivity (Wildman–Crippen MR) is 77.8 cm³/mol. The Bertz CT molecular complexity index is 616. The minimum atomic E-state index is 0.517. The smallest absolute Gasteiger partial charge is 0.203 e. The zero-order valence-electron chi connectivity index (χ0n) is 11.9. The molecule has 0 aliphatic heterocycles. The molecule has 2 unspecified atom stereocenters. The Kier molecular flexibility index (Phi) is 2.86. The molecule has 2 aromatic heterocycles. The van der Waals surface area contributed by atoms with Crippen LogP contribution in [0.3, 0.4) is 0 Å². The summed E-state index contributed by atoms with van der Waals surface area (Å²) in [4.78, 5) is 4.49. The van der Waals surface area contributed by atoms with Crippen molar-refractivity contribution in [3.63, 3.8) is 0 Å². The number of rotatable bonds is 3. The van der Waals surface area contributed by atoms with Crippen LogP contribution in [0.4, 0.5) is 5.82 Å². The second kappa shape index (κ2) is 4.72. The second-order valence-corrected chi connectivity index (χ2v) is 6.31. The molecule has 0 amide bonds. The van der Waals surface area contributed by atoms with Crippen molar-refractivity contribution >= 4 is 11.5 Å². The molecular weight excluding hydrogens is 250 g/mol. The van der Waals surface area contributed by atoms with Crippen molar-refractivity contribution in [3.8, 4) is 0 Å². The topological polar surface area (TPSA) is 55.1 Å². The highest BCUT2D eigenvalue weighted by atomic mass is 15.3. The highest BCUT2D eigenvalue weighted by Crippen LogP contribution is 2.39. The van der Waals surface area contributed by atoms with Crippen LogP contribution in [-0.4, -0.2) is 25.6 Å². The molecule has 2 atom stereocenters. The van der Waals surface area contributed by atoms with Gasteiger partial charge in [-0.25, -0.2) is 4.98 Å². The van der Waals surface area contributed by atoms with Gasteiger partial charge in [0.25, 0.3) is 0 Å². The number of aromatic nitrogens is 4. The van der Waals surface area contributed by atoms with Gasteiger partial charge in [0.2, 0.25) is 5.65 Å². The lowest BCUT2D eigenvalue weighted by Gasteiger charge is -2.29. The molecule has 5 heteroatoms. The predicted octanol–water partition coefficient (Wildman–Crippen LogP) is 2.99. The number of hydrogen-bond acceptors (Lipinski definition) is 4. The van der Waals surface area contributed by atoms with Crippen LogP contribution >= 0.6 is 0 Å². The maximum absolute atomic E-state index is 4.49. The van der Waals surface area contributed by atoms with Gasteiger partial charge in [-0.15, -0.1) is 10.2 Å². The van der Waals surface area contributed by atoms with Crippen LogP contribution in [0.15, 0.2) is 12.4 Å². The third-order valence-electron chi connectivity index (χ3n) is 4.73. The largest absolute Gasteiger partial charge is 0.364 e. The van der Waals surface area contributed by atoms with E-state index in [0.29, 0.717) is 17.9 Å². The van der Waals surface area contributed by atoms with Gasteiger partial charge >= 0.3 is 0 Å². The fourth-order valence-corrected chi connectivity index (χ4v) is 3.27. The number of nitrogens with one attached hydrogen (secondary N) is 1. The van der Waals surface area contributed by atoms with Crippen LogP contribution in [0.2, 0.25) is 0 Å². The molecule has 2 aliphatic carbocycles. The Balaban J connectivity index is 1.65. The molecule has 2 fully saturated rings. The average molecular weight is 271 g/mol. The van der Waals surface area contributed by atoms with Crippen LogP contribution in [-0.2, 0) is 0 Å². The number of fused-ring (bicyclic) bond motifs is 1. The van der Waals surface area contributed by atoms with Crippen molar-refractivity contribution in [1.29, 1.82) is 0 Å². The first-order valence-electron chi connectivity index (χ1n) is 7.79. The van der Waals surface area contributed by atoms with Crippen LogP contribution < -0.4 is 5.32 Å². The summed E-state index contributed by atoms with van der Waals surface area (Å²) in [6.45, 7) is 2.33. The normalized spacial score (nSPS) is 26.9. The van der Waals surface area contributed by atoms with Gasteiger partial charge in [-0.3, -0.25) is 4.40 Å². The standard InChI is InChI=1S/C15H21N5/c1-10-4-2-3-5-12(10)17-13-15-19-18-14(11-6-7-11)20(15)9-8-16-13/h8-12H,2-7H2,1H3,(H,16,17). The molecule has 0 bridgehead atoms. The van der Waals surface area contributed by atoms with Crippen molar-refractivity contribution in [2.45, 2.75) is 57.4 Å². The minimum Gasteiger partial charge on any atom is -0.364 e. The number of hydrogen-bond donors (Lipinski definition) is 1. The molecule has 0 saturated heterocycles. The Morgan fingerprint density at radius 3 is 2.80 bits per heavy atom.